The number of amides is 17. The van der Waals surface area contributed by atoms with E-state index in [2.05, 4.69) is 94.0 Å². The number of likely N-dealkylation sites (N-methyl/N-ethyl adjacent to an activating group) is 1. The first kappa shape index (κ1) is 118. The van der Waals surface area contributed by atoms with Gasteiger partial charge in [-0.15, -0.1) is 0 Å². The molecule has 0 aliphatic carbocycles. The number of aliphatic carboxylic acids is 4. The molecule has 3 aromatic carbocycles. The van der Waals surface area contributed by atoms with Crippen molar-refractivity contribution in [2.24, 2.45) is 23.1 Å². The molecule has 17 amide bonds. The van der Waals surface area contributed by atoms with Crippen molar-refractivity contribution in [2.75, 3.05) is 110 Å². The summed E-state index contributed by atoms with van der Waals surface area (Å²) in [6.45, 7) is 3.87. The van der Waals surface area contributed by atoms with Gasteiger partial charge in [-0.05, 0) is 67.0 Å². The highest BCUT2D eigenvalue weighted by Gasteiger charge is 2.43. The molecule has 0 radical (unpaired) electrons. The van der Waals surface area contributed by atoms with Crippen LogP contribution in [-0.4, -0.2) is 399 Å². The first-order valence-electron chi connectivity index (χ1n) is 48.3. The SMILES string of the molecule is CC[C@H](C)[C@H](NC(=O)[C@@H](NC(=O)[C@H](Cc1c[nH]c2ccccc12)NC(C)=O)[C@@H](C)O)C(=O)N[C@H]1CSSC[C@@H](C(=O)N[C@@H](Cc2c[nH]c3ccccc23)C(=O)N(C)[C@@H](CO)C(=O)N[C@H](CCCCNC(=O)CN2CCN(CC(=O)O)CCN(CC(=O)O)CCN(CC(=O)O)CC2)C(N)=O)NC(=O)[C@H](CC(=O)O)NC(=O)[C@H](Cc2cnc[nH]2)NC(=O)[C@H](Cc2c[nH]c3ccccc23)NC(=O)[C@H](CC(N)=O)NC(=O)[C@H](CC(N)=O)NC1=O. The maximum atomic E-state index is 15.8. The van der Waals surface area contributed by atoms with E-state index in [9.17, 15) is 97.8 Å². The number of aromatic nitrogens is 5. The van der Waals surface area contributed by atoms with Gasteiger partial charge in [0.1, 0.15) is 78.5 Å². The largest absolute Gasteiger partial charge is 0.481 e. The van der Waals surface area contributed by atoms with Crippen molar-refractivity contribution >= 4 is 179 Å². The van der Waals surface area contributed by atoms with Gasteiger partial charge >= 0.3 is 23.9 Å². The summed E-state index contributed by atoms with van der Waals surface area (Å²) in [5.41, 5.74) is 20.4. The van der Waals surface area contributed by atoms with Crippen LogP contribution in [0.2, 0.25) is 0 Å². The van der Waals surface area contributed by atoms with E-state index in [0.717, 1.165) is 25.8 Å². The number of carboxylic acids is 4. The fraction of sp³-hybridized carbons (Fsp3) is 0.495. The molecule has 6 heterocycles. The fourth-order valence-corrected chi connectivity index (χ4v) is 19.2. The molecule has 53 nitrogen and oxygen atoms in total. The Morgan fingerprint density at radius 3 is 1.40 bits per heavy atom. The number of para-hydroxylation sites is 3. The molecule has 0 bridgehead atoms. The lowest BCUT2D eigenvalue weighted by atomic mass is 9.97. The van der Waals surface area contributed by atoms with Crippen LogP contribution in [0, 0.1) is 5.92 Å². The van der Waals surface area contributed by atoms with Crippen LogP contribution in [0.4, 0.5) is 0 Å². The van der Waals surface area contributed by atoms with E-state index >= 15 is 33.6 Å². The van der Waals surface area contributed by atoms with E-state index in [-0.39, 0.29) is 110 Å². The number of nitrogens with zero attached hydrogens (tertiary/aromatic N) is 6. The predicted octanol–water partition coefficient (Wildman–Crippen LogP) is -6.92. The molecule has 2 aliphatic heterocycles. The Balaban J connectivity index is 1.04. The topological polar surface area (TPSA) is 807 Å². The van der Waals surface area contributed by atoms with Gasteiger partial charge in [0, 0.05) is 173 Å². The molecule has 4 aromatic heterocycles. The van der Waals surface area contributed by atoms with Crippen molar-refractivity contribution in [1.29, 1.82) is 0 Å². The molecule has 0 unspecified atom stereocenters. The highest BCUT2D eigenvalue weighted by Crippen LogP contribution is 2.28. The summed E-state index contributed by atoms with van der Waals surface area (Å²) < 4.78 is 0. The standard InChI is InChI=1S/C95H130N26O27S2/c1-6-50(2)81(115-94(147)82(51(3)123)116-89(142)64(105-52(4)124)31-53-38-101-60-18-10-7-15-57(53)60)93(146)114-72-48-150-149-47-71(113-88(141)69(37-77(128)129)111-85(138)66(34-56-41-99-49-104-56)108-84(137)65(32-54-39-102-61-19-11-8-16-58(54)61)107-86(139)67(35-74(96)125)109-87(140)68(36-75(97)126)110-90(72)143)91(144)112-70(33-55-40-103-62-20-12-9-17-59(55)62)95(148)117(5)73(46-122)92(145)106-63(83(98)136)21-13-14-22-100-76(127)42-118-23-25-119(43-78(130)131)27-29-121(45-80(134)135)30-28-120(26-24-118)44-79(132)133/h7-12,15-20,38-41,49-51,63-73,81-82,101-103,122-123H,6,13-14,21-37,42-48H2,1-5H3,(H2,96,125)(H2,97,126)(H2,98,136)(H,99,104)(H,100,127)(H,105,124)(H,106,145)(H,107,139)(H,108,137)(H,109,140)(H,110,143)(H,111,138)(H,112,144)(H,113,141)(H,114,146)(H,115,147)(H,116,142)(H,128,129)(H,130,131)(H,132,133)(H,134,135)/t50-,51+,63+,64-,65-,66-,67-,68-,69-,70-,71-,72-,73-,81-,82-/m0/s1. The minimum atomic E-state index is -2.24. The van der Waals surface area contributed by atoms with Crippen molar-refractivity contribution in [3.8, 4) is 0 Å². The number of carbonyl (C=O) groups is 21. The summed E-state index contributed by atoms with van der Waals surface area (Å²) in [7, 11) is 2.30. The zero-order chi connectivity index (χ0) is 110. The first-order chi connectivity index (χ1) is 71.3. The van der Waals surface area contributed by atoms with Crippen molar-refractivity contribution in [1.82, 2.24) is 119 Å². The molecule has 29 N–H and O–H groups in total. The summed E-state index contributed by atoms with van der Waals surface area (Å²) in [6, 6.07) is -4.22. The quantitative estimate of drug-likeness (QED) is 0.0125. The number of carboxylic acid groups (broad SMARTS) is 4. The molecular formula is C95H130N26O27S2. The summed E-state index contributed by atoms with van der Waals surface area (Å²) in [5.74, 6) is -27.3. The number of nitrogens with two attached hydrogens (primary N) is 3. The molecule has 0 spiro atoms. The second kappa shape index (κ2) is 58.0. The van der Waals surface area contributed by atoms with Gasteiger partial charge in [-0.1, -0.05) is 96.5 Å². The zero-order valence-electron chi connectivity index (χ0n) is 83.1. The predicted molar refractivity (Wildman–Crippen MR) is 541 cm³/mol. The van der Waals surface area contributed by atoms with Gasteiger partial charge in [-0.25, -0.2) is 4.98 Å². The molecule has 15 atom stereocenters. The number of unbranched alkanes of at least 4 members (excludes halogenated alkanes) is 1. The number of benzene rings is 3. The fourth-order valence-electron chi connectivity index (χ4n) is 16.9. The highest BCUT2D eigenvalue weighted by molar-refractivity contribution is 8.76. The van der Waals surface area contributed by atoms with Gasteiger partial charge in [0.15, 0.2) is 0 Å². The van der Waals surface area contributed by atoms with Crippen molar-refractivity contribution in [3.05, 3.63) is 126 Å². The minimum Gasteiger partial charge on any atom is -0.481 e. The first-order valence-corrected chi connectivity index (χ1v) is 50.8. The van der Waals surface area contributed by atoms with Crippen molar-refractivity contribution < 1.29 is 131 Å². The van der Waals surface area contributed by atoms with E-state index in [0.29, 0.717) is 71.0 Å². The average Bonchev–Trinajstić information content (AvgIpc) is 1.69. The van der Waals surface area contributed by atoms with Crippen molar-refractivity contribution in [3.63, 3.8) is 0 Å². The van der Waals surface area contributed by atoms with Crippen molar-refractivity contribution in [2.45, 2.75) is 183 Å². The van der Waals surface area contributed by atoms with Gasteiger partial charge in [0.05, 0.1) is 64.5 Å². The summed E-state index contributed by atoms with van der Waals surface area (Å²) in [6.07, 6.45) is 0.352. The Bertz CT molecular complexity index is 5930. The molecular weight excluding hydrogens is 2000 g/mol. The van der Waals surface area contributed by atoms with Gasteiger partial charge in [0.2, 0.25) is 100 Å². The molecule has 2 aliphatic rings. The Morgan fingerprint density at radius 2 is 0.933 bits per heavy atom. The molecule has 2 fully saturated rings. The molecule has 0 saturated carbocycles. The van der Waals surface area contributed by atoms with Gasteiger partial charge < -0.3 is 142 Å². The van der Waals surface area contributed by atoms with Crippen LogP contribution >= 0.6 is 21.6 Å². The third kappa shape index (κ3) is 36.7. The Hall–Kier alpha value is -15.2. The summed E-state index contributed by atoms with van der Waals surface area (Å²) >= 11 is 0. The van der Waals surface area contributed by atoms with Crippen LogP contribution in [0.5, 0.6) is 0 Å². The minimum absolute atomic E-state index is 0.00789. The number of aliphatic hydroxyl groups is 2. The maximum absolute atomic E-state index is 15.8. The van der Waals surface area contributed by atoms with Crippen LogP contribution in [0.15, 0.2) is 104 Å². The van der Waals surface area contributed by atoms with Crippen LogP contribution in [0.1, 0.15) is 95.0 Å². The molecule has 9 rings (SSSR count). The van der Waals surface area contributed by atoms with Crippen LogP contribution in [0.3, 0.4) is 0 Å². The lowest BCUT2D eigenvalue weighted by Crippen LogP contribution is -2.63. The molecule has 814 valence electrons. The van der Waals surface area contributed by atoms with Crippen LogP contribution < -0.4 is 86.3 Å². The normalized spacial score (nSPS) is 19.9. The zero-order valence-corrected chi connectivity index (χ0v) is 84.7. The van der Waals surface area contributed by atoms with Crippen LogP contribution in [0.25, 0.3) is 32.7 Å². The number of primary amides is 3. The molecule has 55 heteroatoms. The van der Waals surface area contributed by atoms with E-state index in [1.807, 2.05) is 0 Å². The number of rotatable bonds is 45. The number of fused-ring (bicyclic) bond motifs is 3. The van der Waals surface area contributed by atoms with E-state index in [1.165, 1.54) is 31.8 Å². The number of imidazole rings is 1. The van der Waals surface area contributed by atoms with E-state index in [4.69, 9.17) is 17.2 Å². The number of carbonyl (C=O) groups excluding carboxylic acids is 17. The molecule has 150 heavy (non-hydrogen) atoms. The van der Waals surface area contributed by atoms with Gasteiger partial charge in [-0.3, -0.25) is 120 Å². The Kier molecular flexibility index (Phi) is 45.7. The number of hydrogen-bond donors (Lipinski definition) is 26. The average molecular weight is 2130 g/mol. The third-order valence-electron chi connectivity index (χ3n) is 25.2. The van der Waals surface area contributed by atoms with E-state index < -0.39 is 285 Å². The summed E-state index contributed by atoms with van der Waals surface area (Å²) in [5, 5.41) is 96.1. The summed E-state index contributed by atoms with van der Waals surface area (Å²) in [4.78, 5) is 319. The number of aliphatic hydroxyl groups excluding tert-OH is 2. The van der Waals surface area contributed by atoms with Gasteiger partial charge in [0.25, 0.3) is 0 Å². The van der Waals surface area contributed by atoms with E-state index in [1.54, 1.807) is 106 Å². The number of hydrogen-bond acceptors (Lipinski definition) is 30. The van der Waals surface area contributed by atoms with Gasteiger partial charge in [-0.2, -0.15) is 0 Å². The lowest BCUT2D eigenvalue weighted by Gasteiger charge is -2.32. The Labute approximate surface area is 866 Å². The molecule has 2 saturated heterocycles. The Morgan fingerprint density at radius 1 is 0.487 bits per heavy atom. The second-order valence-electron chi connectivity index (χ2n) is 36.6. The van der Waals surface area contributed by atoms with Crippen LogP contribution in [-0.2, 0) is 126 Å². The monoisotopic (exact) mass is 2130 g/mol. The highest BCUT2D eigenvalue weighted by atomic mass is 33.1. The number of aromatic amines is 4. The third-order valence-corrected chi connectivity index (χ3v) is 27.6. The second-order valence-corrected chi connectivity index (χ2v) is 39.1. The molecule has 7 aromatic rings. The maximum Gasteiger partial charge on any atom is 0.317 e. The number of nitrogens with one attached hydrogen (secondary N) is 17. The number of H-pyrrole nitrogens is 4. The lowest BCUT2D eigenvalue weighted by molar-refractivity contribution is -0.144. The smallest absolute Gasteiger partial charge is 0.317 e.